The van der Waals surface area contributed by atoms with Crippen LogP contribution in [0.15, 0.2) is 82.6 Å². The van der Waals surface area contributed by atoms with E-state index in [0.29, 0.717) is 5.69 Å². The van der Waals surface area contributed by atoms with Gasteiger partial charge in [-0.05, 0) is 60.7 Å². The predicted octanol–water partition coefficient (Wildman–Crippen LogP) is 5.61. The number of pyridine rings is 2. The third kappa shape index (κ3) is 12.9. The molecule has 0 fully saturated rings. The van der Waals surface area contributed by atoms with Crippen molar-refractivity contribution in [3.8, 4) is 0 Å². The van der Waals surface area contributed by atoms with E-state index in [0.717, 1.165) is 17.8 Å². The number of hydrogen-bond acceptors (Lipinski definition) is 10. The lowest BCUT2D eigenvalue weighted by molar-refractivity contribution is 0.0685. The molecule has 15 nitrogen and oxygen atoms in total. The summed E-state index contributed by atoms with van der Waals surface area (Å²) in [6.45, 7) is 11.7. The number of aromatic carboxylic acids is 3. The predicted molar refractivity (Wildman–Crippen MR) is 196 cm³/mol. The summed E-state index contributed by atoms with van der Waals surface area (Å²) in [5, 5.41) is 31.0. The Morgan fingerprint density at radius 1 is 0.623 bits per heavy atom. The average Bonchev–Trinajstić information content (AvgIpc) is 3.03. The summed E-state index contributed by atoms with van der Waals surface area (Å²) >= 11 is 11.8. The fourth-order valence-corrected chi connectivity index (χ4v) is 5.92. The highest BCUT2D eigenvalue weighted by atomic mass is 35.5. The Balaban J connectivity index is 0.000000303. The molecule has 4 rings (SSSR count). The topological polar surface area (TPSA) is 261 Å². The summed E-state index contributed by atoms with van der Waals surface area (Å²) in [6.07, 6.45) is 0. The van der Waals surface area contributed by atoms with Gasteiger partial charge in [-0.2, -0.15) is 0 Å². The Labute approximate surface area is 315 Å². The number of benzene rings is 2. The molecule has 0 unspecified atom stereocenters. The van der Waals surface area contributed by atoms with Crippen molar-refractivity contribution < 1.29 is 51.3 Å². The van der Waals surface area contributed by atoms with Crippen LogP contribution in [0.5, 0.6) is 0 Å². The molecule has 0 spiro atoms. The normalized spacial score (nSPS) is 11.6. The number of hydrogen-bond donors (Lipinski definition) is 5. The molecule has 0 aliphatic carbocycles. The molecule has 6 N–H and O–H groups in total. The standard InChI is InChI=1S/C17H17ClN2O5S.C10H12ClNO2.C7H7NO4S/c1-17(2,3)13-8-7-12(14(18)19-13)15(21)20-26(24,25)11-6-4-5-10(9-11)16(22)23;1-10(2,3)7-5-4-6(9(13)14)8(11)12-7;8-13(11,12)6-3-1-2-5(4-6)7(9)10/h4-9H,1-3H3,(H,20,21)(H,22,23);4-5H,1-3H3,(H,13,14);1-4H,(H,9,10)(H2,8,11,12). The smallest absolute Gasteiger partial charge is 0.338 e. The lowest BCUT2D eigenvalue weighted by Crippen LogP contribution is -2.31. The van der Waals surface area contributed by atoms with Gasteiger partial charge in [0, 0.05) is 22.2 Å². The number of halogens is 2. The van der Waals surface area contributed by atoms with Gasteiger partial charge in [-0.1, -0.05) is 76.9 Å². The number of amides is 1. The number of rotatable bonds is 7. The SMILES string of the molecule is CC(C)(C)c1ccc(C(=O)NS(=O)(=O)c2cccc(C(=O)O)c2)c(Cl)n1.CC(C)(C)c1ccc(C(=O)O)c(Cl)n1.NS(=O)(=O)c1cccc(C(=O)O)c1. The van der Waals surface area contributed by atoms with E-state index < -0.39 is 43.9 Å². The summed E-state index contributed by atoms with van der Waals surface area (Å²) in [6, 6.07) is 15.7. The van der Waals surface area contributed by atoms with Crippen LogP contribution in [0, 0.1) is 0 Å². The van der Waals surface area contributed by atoms with Crippen molar-refractivity contribution in [1.82, 2.24) is 14.7 Å². The largest absolute Gasteiger partial charge is 0.478 e. The second-order valence-corrected chi connectivity index (χ2v) is 17.0. The van der Waals surface area contributed by atoms with Crippen LogP contribution in [0.1, 0.15) is 94.4 Å². The van der Waals surface area contributed by atoms with E-state index in [4.69, 9.17) is 43.7 Å². The number of carboxylic acids is 3. The number of sulfonamides is 2. The van der Waals surface area contributed by atoms with Gasteiger partial charge in [0.05, 0.1) is 32.0 Å². The second-order valence-electron chi connectivity index (χ2n) is 13.0. The summed E-state index contributed by atoms with van der Waals surface area (Å²) in [5.74, 6) is -4.48. The molecule has 0 saturated heterocycles. The molecule has 0 aliphatic rings. The average molecular weight is 812 g/mol. The number of carboxylic acid groups (broad SMARTS) is 3. The van der Waals surface area contributed by atoms with Gasteiger partial charge in [0.15, 0.2) is 0 Å². The Morgan fingerprint density at radius 2 is 1.02 bits per heavy atom. The molecular formula is C34H36Cl2N4O11S2. The lowest BCUT2D eigenvalue weighted by atomic mass is 9.91. The van der Waals surface area contributed by atoms with Crippen molar-refractivity contribution in [3.63, 3.8) is 0 Å². The minimum Gasteiger partial charge on any atom is -0.478 e. The maximum Gasteiger partial charge on any atom is 0.338 e. The molecule has 2 aromatic heterocycles. The number of carbonyl (C=O) groups excluding carboxylic acids is 1. The van der Waals surface area contributed by atoms with Gasteiger partial charge in [-0.25, -0.2) is 51.0 Å². The fourth-order valence-electron chi connectivity index (χ4n) is 3.87. The number of nitrogens with zero attached hydrogens (tertiary/aromatic N) is 2. The third-order valence-corrected chi connectivity index (χ3v) is 9.55. The third-order valence-electron chi connectivity index (χ3n) is 6.74. The molecule has 2 heterocycles. The van der Waals surface area contributed by atoms with Gasteiger partial charge in [0.25, 0.3) is 15.9 Å². The van der Waals surface area contributed by atoms with Crippen LogP contribution in [-0.2, 0) is 30.9 Å². The fraction of sp³-hybridized carbons (Fsp3) is 0.235. The van der Waals surface area contributed by atoms with Gasteiger partial charge >= 0.3 is 17.9 Å². The quantitative estimate of drug-likeness (QED) is 0.142. The summed E-state index contributed by atoms with van der Waals surface area (Å²) in [7, 11) is -8.09. The van der Waals surface area contributed by atoms with Crippen molar-refractivity contribution in [2.75, 3.05) is 0 Å². The van der Waals surface area contributed by atoms with Crippen molar-refractivity contribution >= 4 is 67.1 Å². The van der Waals surface area contributed by atoms with E-state index in [1.165, 1.54) is 48.5 Å². The maximum absolute atomic E-state index is 12.3. The first-order chi connectivity index (χ1) is 24.1. The minimum absolute atomic E-state index is 0.0414. The molecule has 2 aromatic carbocycles. The Bertz CT molecular complexity index is 2270. The van der Waals surface area contributed by atoms with Crippen LogP contribution < -0.4 is 9.86 Å². The van der Waals surface area contributed by atoms with E-state index in [2.05, 4.69) is 9.97 Å². The molecule has 0 saturated carbocycles. The minimum atomic E-state index is -4.27. The van der Waals surface area contributed by atoms with Gasteiger partial charge in [0.2, 0.25) is 10.0 Å². The van der Waals surface area contributed by atoms with Crippen molar-refractivity contribution in [2.24, 2.45) is 5.14 Å². The monoisotopic (exact) mass is 810 g/mol. The molecule has 284 valence electrons. The highest BCUT2D eigenvalue weighted by molar-refractivity contribution is 7.90. The molecular weight excluding hydrogens is 775 g/mol. The first-order valence-electron chi connectivity index (χ1n) is 15.0. The molecule has 0 bridgehead atoms. The van der Waals surface area contributed by atoms with E-state index >= 15 is 0 Å². The van der Waals surface area contributed by atoms with E-state index in [1.54, 1.807) is 12.1 Å². The van der Waals surface area contributed by atoms with Crippen LogP contribution in [0.4, 0.5) is 0 Å². The highest BCUT2D eigenvalue weighted by Gasteiger charge is 2.24. The van der Waals surface area contributed by atoms with E-state index in [-0.39, 0.29) is 53.2 Å². The first kappa shape index (κ1) is 44.2. The van der Waals surface area contributed by atoms with Gasteiger partial charge in [-0.15, -0.1) is 0 Å². The van der Waals surface area contributed by atoms with Crippen molar-refractivity contribution in [2.45, 2.75) is 62.2 Å². The molecule has 0 radical (unpaired) electrons. The summed E-state index contributed by atoms with van der Waals surface area (Å²) in [5.41, 5.74) is 0.643. The Hall–Kier alpha value is -4.94. The molecule has 4 aromatic rings. The van der Waals surface area contributed by atoms with E-state index in [9.17, 15) is 36.0 Å². The van der Waals surface area contributed by atoms with Crippen molar-refractivity contribution in [1.29, 1.82) is 0 Å². The molecule has 1 amide bonds. The van der Waals surface area contributed by atoms with Crippen LogP contribution in [0.2, 0.25) is 10.3 Å². The van der Waals surface area contributed by atoms with E-state index in [1.807, 2.05) is 46.3 Å². The summed E-state index contributed by atoms with van der Waals surface area (Å²) < 4.78 is 48.1. The van der Waals surface area contributed by atoms with Gasteiger partial charge in [-0.3, -0.25) is 4.79 Å². The van der Waals surface area contributed by atoms with Gasteiger partial charge < -0.3 is 15.3 Å². The number of aromatic nitrogens is 2. The summed E-state index contributed by atoms with van der Waals surface area (Å²) in [4.78, 5) is 52.0. The molecule has 53 heavy (non-hydrogen) atoms. The maximum atomic E-state index is 12.3. The molecule has 0 aliphatic heterocycles. The van der Waals surface area contributed by atoms with Crippen LogP contribution >= 0.6 is 23.2 Å². The zero-order valence-electron chi connectivity index (χ0n) is 29.1. The zero-order chi connectivity index (χ0) is 40.7. The van der Waals surface area contributed by atoms with Crippen LogP contribution in [-0.4, -0.2) is 65.9 Å². The van der Waals surface area contributed by atoms with Crippen LogP contribution in [0.3, 0.4) is 0 Å². The number of carbonyl (C=O) groups is 4. The second kappa shape index (κ2) is 17.3. The molecule has 19 heteroatoms. The Morgan fingerprint density at radius 3 is 1.38 bits per heavy atom. The number of nitrogens with two attached hydrogens (primary N) is 1. The lowest BCUT2D eigenvalue weighted by Gasteiger charge is -2.18. The zero-order valence-corrected chi connectivity index (χ0v) is 32.2. The van der Waals surface area contributed by atoms with Crippen molar-refractivity contribution in [3.05, 3.63) is 117 Å². The number of nitrogens with one attached hydrogen (secondary N) is 1. The first-order valence-corrected chi connectivity index (χ1v) is 18.8. The number of primary sulfonamides is 1. The Kier molecular flexibility index (Phi) is 14.4. The highest BCUT2D eigenvalue weighted by Crippen LogP contribution is 2.25. The van der Waals surface area contributed by atoms with Crippen LogP contribution in [0.25, 0.3) is 0 Å². The molecule has 0 atom stereocenters. The van der Waals surface area contributed by atoms with Gasteiger partial charge in [0.1, 0.15) is 10.3 Å².